The summed E-state index contributed by atoms with van der Waals surface area (Å²) in [5.41, 5.74) is 3.45. The van der Waals surface area contributed by atoms with Gasteiger partial charge < -0.3 is 0 Å². The smallest absolute Gasteiger partial charge is 0.100 e. The van der Waals surface area contributed by atoms with Gasteiger partial charge in [0.05, 0.1) is 5.52 Å². The maximum absolute atomic E-state index is 4.69. The van der Waals surface area contributed by atoms with Crippen molar-refractivity contribution in [1.29, 1.82) is 0 Å². The van der Waals surface area contributed by atoms with Crippen molar-refractivity contribution in [1.82, 2.24) is 9.78 Å². The maximum atomic E-state index is 4.69. The van der Waals surface area contributed by atoms with Crippen molar-refractivity contribution in [3.8, 4) is 11.3 Å². The van der Waals surface area contributed by atoms with Gasteiger partial charge in [-0.05, 0) is 13.0 Å². The van der Waals surface area contributed by atoms with E-state index >= 15 is 0 Å². The average molecular weight is 222 g/mol. The number of hydrogen-bond acceptors (Lipinski definition) is 1. The lowest BCUT2D eigenvalue weighted by Crippen LogP contribution is -1.95. The highest BCUT2D eigenvalue weighted by Crippen LogP contribution is 2.27. The number of nitrogens with zero attached hydrogens (tertiary/aromatic N) is 2. The first-order valence-corrected chi connectivity index (χ1v) is 5.91. The SMILES string of the molecule is CCn1nc(-c2ccccc2)c2ccccc21. The van der Waals surface area contributed by atoms with E-state index in [-0.39, 0.29) is 0 Å². The molecule has 0 fully saturated rings. The molecule has 2 aromatic carbocycles. The summed E-state index contributed by atoms with van der Waals surface area (Å²) in [7, 11) is 0. The Morgan fingerprint density at radius 1 is 0.941 bits per heavy atom. The van der Waals surface area contributed by atoms with Crippen LogP contribution in [0.4, 0.5) is 0 Å². The summed E-state index contributed by atoms with van der Waals surface area (Å²) >= 11 is 0. The van der Waals surface area contributed by atoms with Crippen LogP contribution >= 0.6 is 0 Å². The second-order valence-electron chi connectivity index (χ2n) is 4.05. The van der Waals surface area contributed by atoms with E-state index in [2.05, 4.69) is 60.1 Å². The van der Waals surface area contributed by atoms with Crippen LogP contribution in [0.15, 0.2) is 54.6 Å². The molecule has 0 amide bonds. The summed E-state index contributed by atoms with van der Waals surface area (Å²) in [6, 6.07) is 18.7. The standard InChI is InChI=1S/C15H14N2/c1-2-17-14-11-7-6-10-13(14)15(16-17)12-8-4-3-5-9-12/h3-11H,2H2,1H3. The Balaban J connectivity index is 2.31. The Bertz CT molecular complexity index is 638. The summed E-state index contributed by atoms with van der Waals surface area (Å²) in [5, 5.41) is 5.92. The molecule has 3 aromatic rings. The van der Waals surface area contributed by atoms with Crippen LogP contribution in [0.3, 0.4) is 0 Å². The highest BCUT2D eigenvalue weighted by atomic mass is 15.3. The minimum atomic E-state index is 0.896. The Morgan fingerprint density at radius 3 is 2.41 bits per heavy atom. The van der Waals surface area contributed by atoms with Gasteiger partial charge >= 0.3 is 0 Å². The van der Waals surface area contributed by atoms with Gasteiger partial charge in [0.15, 0.2) is 0 Å². The molecule has 0 unspecified atom stereocenters. The Morgan fingerprint density at radius 2 is 1.65 bits per heavy atom. The molecule has 0 aliphatic heterocycles. The fourth-order valence-corrected chi connectivity index (χ4v) is 2.18. The summed E-state index contributed by atoms with van der Waals surface area (Å²) in [6.07, 6.45) is 0. The molecule has 0 aliphatic carbocycles. The van der Waals surface area contributed by atoms with Crippen LogP contribution in [0.5, 0.6) is 0 Å². The highest BCUT2D eigenvalue weighted by Gasteiger charge is 2.09. The lowest BCUT2D eigenvalue weighted by Gasteiger charge is -1.96. The monoisotopic (exact) mass is 222 g/mol. The first-order valence-electron chi connectivity index (χ1n) is 5.91. The van der Waals surface area contributed by atoms with Crippen LogP contribution in [-0.4, -0.2) is 9.78 Å². The molecule has 17 heavy (non-hydrogen) atoms. The zero-order valence-corrected chi connectivity index (χ0v) is 9.80. The van der Waals surface area contributed by atoms with Gasteiger partial charge in [-0.25, -0.2) is 0 Å². The molecule has 1 heterocycles. The van der Waals surface area contributed by atoms with E-state index in [1.54, 1.807) is 0 Å². The Labute approximate surface area is 101 Å². The summed E-state index contributed by atoms with van der Waals surface area (Å²) in [5.74, 6) is 0. The molecule has 0 saturated carbocycles. The number of rotatable bonds is 2. The fourth-order valence-electron chi connectivity index (χ4n) is 2.18. The van der Waals surface area contributed by atoms with Crippen LogP contribution in [0.2, 0.25) is 0 Å². The van der Waals surface area contributed by atoms with Gasteiger partial charge in [0.25, 0.3) is 0 Å². The maximum Gasteiger partial charge on any atom is 0.100 e. The van der Waals surface area contributed by atoms with Crippen molar-refractivity contribution in [3.05, 3.63) is 54.6 Å². The molecule has 2 nitrogen and oxygen atoms in total. The molecule has 1 aromatic heterocycles. The number of hydrogen-bond donors (Lipinski definition) is 0. The Kier molecular flexibility index (Phi) is 2.41. The molecule has 3 rings (SSSR count). The van der Waals surface area contributed by atoms with Crippen molar-refractivity contribution in [2.75, 3.05) is 0 Å². The molecule has 0 radical (unpaired) electrons. The molecule has 0 saturated heterocycles. The van der Waals surface area contributed by atoms with Crippen LogP contribution in [0, 0.1) is 0 Å². The van der Waals surface area contributed by atoms with E-state index in [4.69, 9.17) is 5.10 Å². The second-order valence-corrected chi connectivity index (χ2v) is 4.05. The largest absolute Gasteiger partial charge is 0.265 e. The van der Waals surface area contributed by atoms with E-state index in [1.807, 2.05) is 6.07 Å². The van der Waals surface area contributed by atoms with Crippen LogP contribution in [0.25, 0.3) is 22.2 Å². The predicted octanol–water partition coefficient (Wildman–Crippen LogP) is 3.72. The van der Waals surface area contributed by atoms with E-state index in [1.165, 1.54) is 16.5 Å². The average Bonchev–Trinajstić information content (AvgIpc) is 2.78. The molecule has 0 bridgehead atoms. The van der Waals surface area contributed by atoms with Gasteiger partial charge in [-0.1, -0.05) is 48.5 Å². The first-order chi connectivity index (χ1) is 8.40. The Hall–Kier alpha value is -2.09. The van der Waals surface area contributed by atoms with E-state index in [9.17, 15) is 0 Å². The zero-order valence-electron chi connectivity index (χ0n) is 9.80. The fraction of sp³-hybridized carbons (Fsp3) is 0.133. The third-order valence-corrected chi connectivity index (χ3v) is 3.00. The molecule has 0 N–H and O–H groups in total. The lowest BCUT2D eigenvalue weighted by molar-refractivity contribution is 0.686. The third-order valence-electron chi connectivity index (χ3n) is 3.00. The van der Waals surface area contributed by atoms with Gasteiger partial charge in [0, 0.05) is 17.5 Å². The van der Waals surface area contributed by atoms with Gasteiger partial charge in [0.1, 0.15) is 5.69 Å². The lowest BCUT2D eigenvalue weighted by atomic mass is 10.1. The molecule has 0 aliphatic rings. The summed E-state index contributed by atoms with van der Waals surface area (Å²) < 4.78 is 2.05. The minimum Gasteiger partial charge on any atom is -0.265 e. The second kappa shape index (κ2) is 4.06. The van der Waals surface area contributed by atoms with Crippen LogP contribution < -0.4 is 0 Å². The van der Waals surface area contributed by atoms with Crippen molar-refractivity contribution in [2.45, 2.75) is 13.5 Å². The van der Waals surface area contributed by atoms with Gasteiger partial charge in [-0.15, -0.1) is 0 Å². The summed E-state index contributed by atoms with van der Waals surface area (Å²) in [4.78, 5) is 0. The van der Waals surface area contributed by atoms with Crippen molar-refractivity contribution >= 4 is 10.9 Å². The number of para-hydroxylation sites is 1. The molecule has 84 valence electrons. The quantitative estimate of drug-likeness (QED) is 0.646. The van der Waals surface area contributed by atoms with Crippen molar-refractivity contribution in [3.63, 3.8) is 0 Å². The van der Waals surface area contributed by atoms with Gasteiger partial charge in [0.2, 0.25) is 0 Å². The topological polar surface area (TPSA) is 17.8 Å². The molecule has 0 spiro atoms. The zero-order chi connectivity index (χ0) is 11.7. The third kappa shape index (κ3) is 1.62. The first kappa shape index (κ1) is 10.1. The molecular weight excluding hydrogens is 208 g/mol. The molecular formula is C15H14N2. The number of fused-ring (bicyclic) bond motifs is 1. The number of aromatic nitrogens is 2. The van der Waals surface area contributed by atoms with Gasteiger partial charge in [-0.3, -0.25) is 4.68 Å². The van der Waals surface area contributed by atoms with Gasteiger partial charge in [-0.2, -0.15) is 5.10 Å². The van der Waals surface area contributed by atoms with Crippen molar-refractivity contribution in [2.24, 2.45) is 0 Å². The van der Waals surface area contributed by atoms with E-state index in [0.29, 0.717) is 0 Å². The van der Waals surface area contributed by atoms with Crippen LogP contribution in [0.1, 0.15) is 6.92 Å². The normalized spacial score (nSPS) is 10.9. The summed E-state index contributed by atoms with van der Waals surface area (Å²) in [6.45, 7) is 3.02. The van der Waals surface area contributed by atoms with Crippen LogP contribution in [-0.2, 0) is 6.54 Å². The molecule has 0 atom stereocenters. The number of aryl methyl sites for hydroxylation is 1. The van der Waals surface area contributed by atoms with E-state index in [0.717, 1.165) is 12.2 Å². The molecule has 2 heteroatoms. The predicted molar refractivity (Wildman–Crippen MR) is 70.8 cm³/mol. The minimum absolute atomic E-state index is 0.896. The van der Waals surface area contributed by atoms with E-state index < -0.39 is 0 Å². The highest BCUT2D eigenvalue weighted by molar-refractivity contribution is 5.93. The number of benzene rings is 2. The van der Waals surface area contributed by atoms with Crippen molar-refractivity contribution < 1.29 is 0 Å².